The number of ether oxygens (including phenoxy) is 1. The monoisotopic (exact) mass is 243 g/mol. The number of nitrogens with one attached hydrogen (secondary N) is 1. The molecule has 2 nitrogen and oxygen atoms in total. The molecule has 0 spiro atoms. The van der Waals surface area contributed by atoms with Gasteiger partial charge >= 0.3 is 0 Å². The first kappa shape index (κ1) is 14.1. The molecule has 96 valence electrons. The van der Waals surface area contributed by atoms with Crippen molar-refractivity contribution in [3.63, 3.8) is 0 Å². The van der Waals surface area contributed by atoms with E-state index < -0.39 is 5.92 Å². The number of hydrogen-bond acceptors (Lipinski definition) is 2. The Bertz CT molecular complexity index is 316. The van der Waals surface area contributed by atoms with Crippen LogP contribution in [0.3, 0.4) is 0 Å². The van der Waals surface area contributed by atoms with Gasteiger partial charge in [-0.25, -0.2) is 0 Å². The van der Waals surface area contributed by atoms with Gasteiger partial charge in [0.05, 0.1) is 12.6 Å². The van der Waals surface area contributed by atoms with E-state index in [0.717, 1.165) is 0 Å². The zero-order valence-corrected chi connectivity index (χ0v) is 10.2. The van der Waals surface area contributed by atoms with Crippen molar-refractivity contribution in [2.45, 2.75) is 25.9 Å². The Kier molecular flexibility index (Phi) is 5.51. The van der Waals surface area contributed by atoms with E-state index >= 15 is 0 Å². The van der Waals surface area contributed by atoms with Crippen LogP contribution in [0.15, 0.2) is 30.3 Å². The number of hydrogen-bond donors (Lipinski definition) is 1. The minimum absolute atomic E-state index is 0.0385. The summed E-state index contributed by atoms with van der Waals surface area (Å²) in [4.78, 5) is 0. The maximum absolute atomic E-state index is 13.7. The first-order valence-electron chi connectivity index (χ1n) is 5.82. The van der Waals surface area contributed by atoms with Crippen LogP contribution in [0.25, 0.3) is 0 Å². The highest BCUT2D eigenvalue weighted by atomic mass is 19.3. The van der Waals surface area contributed by atoms with Crippen LogP contribution in [0.1, 0.15) is 19.4 Å². The second-order valence-electron chi connectivity index (χ2n) is 3.97. The molecular formula is C13H19F2NO. The summed E-state index contributed by atoms with van der Waals surface area (Å²) >= 11 is 0. The van der Waals surface area contributed by atoms with E-state index in [1.54, 1.807) is 18.2 Å². The van der Waals surface area contributed by atoms with Crippen LogP contribution < -0.4 is 5.32 Å². The van der Waals surface area contributed by atoms with Gasteiger partial charge in [-0.3, -0.25) is 0 Å². The Hall–Kier alpha value is -1.00. The molecule has 0 aliphatic rings. The van der Waals surface area contributed by atoms with E-state index in [9.17, 15) is 8.78 Å². The van der Waals surface area contributed by atoms with Crippen LogP contribution in [0, 0.1) is 0 Å². The third-order valence-electron chi connectivity index (χ3n) is 2.43. The average molecular weight is 243 g/mol. The molecule has 1 N–H and O–H groups in total. The summed E-state index contributed by atoms with van der Waals surface area (Å²) in [6, 6.07) is 7.84. The van der Waals surface area contributed by atoms with E-state index in [4.69, 9.17) is 4.74 Å². The molecule has 0 fully saturated rings. The lowest BCUT2D eigenvalue weighted by molar-refractivity contribution is -0.00782. The second-order valence-corrected chi connectivity index (χ2v) is 3.97. The van der Waals surface area contributed by atoms with Crippen molar-refractivity contribution in [3.8, 4) is 0 Å². The molecule has 0 amide bonds. The highest BCUT2D eigenvalue weighted by Crippen LogP contribution is 2.26. The third-order valence-corrected chi connectivity index (χ3v) is 2.43. The predicted octanol–water partition coefficient (Wildman–Crippen LogP) is 2.79. The molecule has 1 aromatic rings. The van der Waals surface area contributed by atoms with E-state index in [1.807, 2.05) is 13.8 Å². The first-order valence-corrected chi connectivity index (χ1v) is 5.82. The van der Waals surface area contributed by atoms with E-state index in [2.05, 4.69) is 5.32 Å². The zero-order chi connectivity index (χ0) is 12.7. The van der Waals surface area contributed by atoms with E-state index in [-0.39, 0.29) is 18.2 Å². The van der Waals surface area contributed by atoms with Gasteiger partial charge in [0.2, 0.25) is 0 Å². The van der Waals surface area contributed by atoms with Gasteiger partial charge in [-0.15, -0.1) is 0 Å². The Labute approximate surface area is 101 Å². The van der Waals surface area contributed by atoms with Crippen molar-refractivity contribution < 1.29 is 13.5 Å². The number of benzene rings is 1. The van der Waals surface area contributed by atoms with Crippen LogP contribution in [0.2, 0.25) is 0 Å². The Morgan fingerprint density at radius 3 is 2.53 bits per heavy atom. The lowest BCUT2D eigenvalue weighted by Gasteiger charge is -2.19. The van der Waals surface area contributed by atoms with Crippen molar-refractivity contribution in [3.05, 3.63) is 35.9 Å². The largest absolute Gasteiger partial charge is 0.377 e. The maximum atomic E-state index is 13.7. The summed E-state index contributed by atoms with van der Waals surface area (Å²) in [5.41, 5.74) is 0.0385. The summed E-state index contributed by atoms with van der Waals surface area (Å²) in [5.74, 6) is -2.84. The SMILES string of the molecule is CCOC(C)CNCC(F)(F)c1ccccc1. The van der Waals surface area contributed by atoms with Crippen LogP contribution >= 0.6 is 0 Å². The predicted molar refractivity (Wildman–Crippen MR) is 64.3 cm³/mol. The van der Waals surface area contributed by atoms with Crippen molar-refractivity contribution in [2.75, 3.05) is 19.7 Å². The van der Waals surface area contributed by atoms with Crippen molar-refractivity contribution >= 4 is 0 Å². The van der Waals surface area contributed by atoms with Gasteiger partial charge in [-0.1, -0.05) is 30.3 Å². The van der Waals surface area contributed by atoms with Crippen LogP contribution in [0.5, 0.6) is 0 Å². The molecular weight excluding hydrogens is 224 g/mol. The molecule has 1 rings (SSSR count). The maximum Gasteiger partial charge on any atom is 0.285 e. The quantitative estimate of drug-likeness (QED) is 0.795. The van der Waals surface area contributed by atoms with Gasteiger partial charge in [-0.2, -0.15) is 8.78 Å². The van der Waals surface area contributed by atoms with Crippen LogP contribution in [-0.2, 0) is 10.7 Å². The molecule has 0 aliphatic heterocycles. The molecule has 0 saturated heterocycles. The molecule has 0 aliphatic carbocycles. The Morgan fingerprint density at radius 1 is 1.29 bits per heavy atom. The first-order chi connectivity index (χ1) is 8.06. The fourth-order valence-corrected chi connectivity index (χ4v) is 1.56. The number of halogens is 2. The molecule has 4 heteroatoms. The van der Waals surface area contributed by atoms with E-state index in [1.165, 1.54) is 12.1 Å². The van der Waals surface area contributed by atoms with Gasteiger partial charge < -0.3 is 10.1 Å². The highest BCUT2D eigenvalue weighted by molar-refractivity contribution is 5.20. The molecule has 1 atom stereocenters. The summed E-state index contributed by atoms with van der Waals surface area (Å²) in [7, 11) is 0. The highest BCUT2D eigenvalue weighted by Gasteiger charge is 2.30. The third kappa shape index (κ3) is 4.79. The zero-order valence-electron chi connectivity index (χ0n) is 10.2. The normalized spacial score (nSPS) is 13.6. The minimum atomic E-state index is -2.84. The smallest absolute Gasteiger partial charge is 0.285 e. The summed E-state index contributed by atoms with van der Waals surface area (Å²) in [6.45, 7) is 4.40. The molecule has 0 bridgehead atoms. The second kappa shape index (κ2) is 6.67. The fraction of sp³-hybridized carbons (Fsp3) is 0.538. The number of rotatable bonds is 7. The van der Waals surface area contributed by atoms with Gasteiger partial charge in [-0.05, 0) is 13.8 Å². The molecule has 0 heterocycles. The van der Waals surface area contributed by atoms with Crippen molar-refractivity contribution in [1.82, 2.24) is 5.32 Å². The summed E-state index contributed by atoms with van der Waals surface area (Å²) in [6.07, 6.45) is -0.0495. The van der Waals surface area contributed by atoms with Gasteiger partial charge in [0, 0.05) is 18.7 Å². The Balaban J connectivity index is 2.40. The van der Waals surface area contributed by atoms with Crippen LogP contribution in [0.4, 0.5) is 8.78 Å². The lowest BCUT2D eigenvalue weighted by atomic mass is 10.1. The summed E-state index contributed by atoms with van der Waals surface area (Å²) < 4.78 is 32.6. The van der Waals surface area contributed by atoms with Crippen molar-refractivity contribution in [2.24, 2.45) is 0 Å². The Morgan fingerprint density at radius 2 is 1.94 bits per heavy atom. The van der Waals surface area contributed by atoms with Gasteiger partial charge in [0.1, 0.15) is 0 Å². The molecule has 1 aromatic carbocycles. The van der Waals surface area contributed by atoms with E-state index in [0.29, 0.717) is 13.2 Å². The standard InChI is InChI=1S/C13H19F2NO/c1-3-17-11(2)9-16-10-13(14,15)12-7-5-4-6-8-12/h4-8,11,16H,3,9-10H2,1-2H3. The minimum Gasteiger partial charge on any atom is -0.377 e. The van der Waals surface area contributed by atoms with Gasteiger partial charge in [0.15, 0.2) is 0 Å². The van der Waals surface area contributed by atoms with Crippen LogP contribution in [-0.4, -0.2) is 25.8 Å². The van der Waals surface area contributed by atoms with Gasteiger partial charge in [0.25, 0.3) is 5.92 Å². The fourth-order valence-electron chi connectivity index (χ4n) is 1.56. The molecule has 0 saturated carbocycles. The molecule has 1 unspecified atom stereocenters. The number of alkyl halides is 2. The molecule has 0 radical (unpaired) electrons. The molecule has 0 aromatic heterocycles. The molecule has 17 heavy (non-hydrogen) atoms. The average Bonchev–Trinajstić information content (AvgIpc) is 2.30. The lowest BCUT2D eigenvalue weighted by Crippen LogP contribution is -2.35. The van der Waals surface area contributed by atoms with Crippen molar-refractivity contribution in [1.29, 1.82) is 0 Å². The summed E-state index contributed by atoms with van der Waals surface area (Å²) in [5, 5.41) is 2.73. The topological polar surface area (TPSA) is 21.3 Å².